The molecule has 2 heterocycles. The van der Waals surface area contributed by atoms with E-state index in [-0.39, 0.29) is 0 Å². The molecule has 24 heavy (non-hydrogen) atoms. The van der Waals surface area contributed by atoms with Gasteiger partial charge in [0.1, 0.15) is 0 Å². The topological polar surface area (TPSA) is 25.4 Å². The number of aromatic nitrogens is 1. The van der Waals surface area contributed by atoms with E-state index in [2.05, 4.69) is 54.3 Å². The summed E-state index contributed by atoms with van der Waals surface area (Å²) in [4.78, 5) is 8.30. The third-order valence-electron chi connectivity index (χ3n) is 4.19. The van der Waals surface area contributed by atoms with Crippen LogP contribution in [0.4, 0.5) is 0 Å². The van der Waals surface area contributed by atoms with Crippen molar-refractivity contribution >= 4 is 21.4 Å². The normalized spacial score (nSPS) is 11.3. The van der Waals surface area contributed by atoms with Gasteiger partial charge in [-0.2, -0.15) is 0 Å². The molecule has 3 rings (SSSR count). The number of pyridine rings is 1. The quantitative estimate of drug-likeness (QED) is 0.645. The zero-order valence-corrected chi connectivity index (χ0v) is 15.4. The maximum Gasteiger partial charge on any atom is 0.213 e. The number of nitrogens with zero attached hydrogens (tertiary/aromatic N) is 2. The second kappa shape index (κ2) is 7.77. The molecule has 0 spiro atoms. The molecular formula is C20H24N2OS. The average Bonchev–Trinajstić information content (AvgIpc) is 2.96. The van der Waals surface area contributed by atoms with Crippen molar-refractivity contribution in [3.8, 4) is 5.88 Å². The number of fused-ring (bicyclic) bond motifs is 1. The molecule has 0 bridgehead atoms. The van der Waals surface area contributed by atoms with E-state index >= 15 is 0 Å². The smallest absolute Gasteiger partial charge is 0.213 e. The molecule has 126 valence electrons. The van der Waals surface area contributed by atoms with Crippen LogP contribution in [0.1, 0.15) is 16.1 Å². The summed E-state index contributed by atoms with van der Waals surface area (Å²) in [5.74, 6) is 0.690. The van der Waals surface area contributed by atoms with Crippen LogP contribution in [0, 0.1) is 0 Å². The van der Waals surface area contributed by atoms with Gasteiger partial charge < -0.3 is 9.64 Å². The van der Waals surface area contributed by atoms with Crippen LogP contribution in [0.3, 0.4) is 0 Å². The maximum atomic E-state index is 5.24. The van der Waals surface area contributed by atoms with Crippen molar-refractivity contribution in [3.63, 3.8) is 0 Å². The first-order chi connectivity index (χ1) is 11.7. The van der Waals surface area contributed by atoms with Crippen molar-refractivity contribution in [2.75, 3.05) is 27.7 Å². The van der Waals surface area contributed by atoms with Crippen molar-refractivity contribution in [1.82, 2.24) is 9.88 Å². The van der Waals surface area contributed by atoms with Crippen molar-refractivity contribution in [3.05, 3.63) is 58.6 Å². The van der Waals surface area contributed by atoms with E-state index in [1.165, 1.54) is 20.5 Å². The molecule has 0 atom stereocenters. The number of thiophene rings is 1. The van der Waals surface area contributed by atoms with Crippen LogP contribution < -0.4 is 4.74 Å². The first-order valence-corrected chi connectivity index (χ1v) is 9.13. The van der Waals surface area contributed by atoms with E-state index in [1.807, 2.05) is 23.5 Å². The van der Waals surface area contributed by atoms with E-state index < -0.39 is 0 Å². The van der Waals surface area contributed by atoms with Gasteiger partial charge in [0.2, 0.25) is 5.88 Å². The Labute approximate surface area is 147 Å². The van der Waals surface area contributed by atoms with Crippen molar-refractivity contribution in [1.29, 1.82) is 0 Å². The number of ether oxygens (including phenoxy) is 1. The van der Waals surface area contributed by atoms with Gasteiger partial charge in [0.25, 0.3) is 0 Å². The summed E-state index contributed by atoms with van der Waals surface area (Å²) in [6.45, 7) is 1.08. The van der Waals surface area contributed by atoms with Crippen LogP contribution in [0.25, 0.3) is 10.1 Å². The Bertz CT molecular complexity index is 810. The third kappa shape index (κ3) is 3.94. The largest absolute Gasteiger partial charge is 0.481 e. The summed E-state index contributed by atoms with van der Waals surface area (Å²) < 4.78 is 6.62. The number of benzene rings is 1. The Morgan fingerprint density at radius 3 is 2.62 bits per heavy atom. The van der Waals surface area contributed by atoms with E-state index in [4.69, 9.17) is 4.74 Å². The molecule has 0 saturated carbocycles. The number of rotatable bonds is 7. The SMILES string of the molecule is COc1cccc(CCc2c(CCN(C)C)sc3ccccc23)n1. The van der Waals surface area contributed by atoms with Gasteiger partial charge >= 0.3 is 0 Å². The summed E-state index contributed by atoms with van der Waals surface area (Å²) in [5.41, 5.74) is 2.57. The van der Waals surface area contributed by atoms with Gasteiger partial charge in [-0.3, -0.25) is 0 Å². The molecule has 1 aromatic carbocycles. The lowest BCUT2D eigenvalue weighted by atomic mass is 10.0. The molecule has 3 nitrogen and oxygen atoms in total. The highest BCUT2D eigenvalue weighted by atomic mass is 32.1. The number of hydrogen-bond donors (Lipinski definition) is 0. The average molecular weight is 340 g/mol. The Balaban J connectivity index is 1.84. The predicted molar refractivity (Wildman–Crippen MR) is 102 cm³/mol. The minimum atomic E-state index is 0.690. The molecule has 0 fully saturated rings. The minimum Gasteiger partial charge on any atom is -0.481 e. The molecule has 2 aromatic heterocycles. The molecular weight excluding hydrogens is 316 g/mol. The third-order valence-corrected chi connectivity index (χ3v) is 5.46. The van der Waals surface area contributed by atoms with Crippen molar-refractivity contribution < 1.29 is 4.74 Å². The van der Waals surface area contributed by atoms with Crippen LogP contribution in [0.15, 0.2) is 42.5 Å². The zero-order valence-electron chi connectivity index (χ0n) is 14.6. The number of hydrogen-bond acceptors (Lipinski definition) is 4. The highest BCUT2D eigenvalue weighted by molar-refractivity contribution is 7.19. The molecule has 0 aliphatic heterocycles. The molecule has 0 amide bonds. The zero-order chi connectivity index (χ0) is 16.9. The Morgan fingerprint density at radius 2 is 1.83 bits per heavy atom. The molecule has 4 heteroatoms. The molecule has 0 saturated heterocycles. The van der Waals surface area contributed by atoms with Gasteiger partial charge in [0, 0.05) is 27.9 Å². The van der Waals surface area contributed by atoms with E-state index in [0.717, 1.165) is 31.5 Å². The monoisotopic (exact) mass is 340 g/mol. The van der Waals surface area contributed by atoms with Crippen LogP contribution in [-0.2, 0) is 19.3 Å². The molecule has 0 aliphatic carbocycles. The lowest BCUT2D eigenvalue weighted by Crippen LogP contribution is -2.15. The highest BCUT2D eigenvalue weighted by Crippen LogP contribution is 2.32. The van der Waals surface area contributed by atoms with Gasteiger partial charge in [0.15, 0.2) is 0 Å². The first kappa shape index (κ1) is 16.9. The summed E-state index contributed by atoms with van der Waals surface area (Å²) in [5, 5.41) is 1.40. The number of methoxy groups -OCH3 is 1. The summed E-state index contributed by atoms with van der Waals surface area (Å²) >= 11 is 1.94. The minimum absolute atomic E-state index is 0.690. The lowest BCUT2D eigenvalue weighted by Gasteiger charge is -2.10. The van der Waals surface area contributed by atoms with Gasteiger partial charge in [-0.1, -0.05) is 24.3 Å². The van der Waals surface area contributed by atoms with Crippen LogP contribution in [0.2, 0.25) is 0 Å². The van der Waals surface area contributed by atoms with Crippen molar-refractivity contribution in [2.45, 2.75) is 19.3 Å². The molecule has 0 N–H and O–H groups in total. The highest BCUT2D eigenvalue weighted by Gasteiger charge is 2.12. The van der Waals surface area contributed by atoms with Crippen LogP contribution in [-0.4, -0.2) is 37.6 Å². The fraction of sp³-hybridized carbons (Fsp3) is 0.350. The lowest BCUT2D eigenvalue weighted by molar-refractivity contribution is 0.396. The summed E-state index contributed by atoms with van der Waals surface area (Å²) in [6, 6.07) is 14.7. The number of aryl methyl sites for hydroxylation is 2. The first-order valence-electron chi connectivity index (χ1n) is 8.31. The Kier molecular flexibility index (Phi) is 5.48. The Morgan fingerprint density at radius 1 is 1.00 bits per heavy atom. The molecule has 0 radical (unpaired) electrons. The fourth-order valence-corrected chi connectivity index (χ4v) is 4.16. The van der Waals surface area contributed by atoms with Crippen molar-refractivity contribution in [2.24, 2.45) is 0 Å². The fourth-order valence-electron chi connectivity index (χ4n) is 2.91. The second-order valence-electron chi connectivity index (χ2n) is 6.22. The van der Waals surface area contributed by atoms with Gasteiger partial charge in [-0.05, 0) is 56.4 Å². The van der Waals surface area contributed by atoms with E-state index in [0.29, 0.717) is 5.88 Å². The van der Waals surface area contributed by atoms with E-state index in [1.54, 1.807) is 7.11 Å². The summed E-state index contributed by atoms with van der Waals surface area (Å²) in [6.07, 6.45) is 3.06. The van der Waals surface area contributed by atoms with Gasteiger partial charge in [0.05, 0.1) is 7.11 Å². The Hall–Kier alpha value is -1.91. The van der Waals surface area contributed by atoms with Gasteiger partial charge in [-0.25, -0.2) is 4.98 Å². The van der Waals surface area contributed by atoms with E-state index in [9.17, 15) is 0 Å². The maximum absolute atomic E-state index is 5.24. The second-order valence-corrected chi connectivity index (χ2v) is 7.36. The number of likely N-dealkylation sites (N-methyl/N-ethyl adjacent to an activating group) is 1. The van der Waals surface area contributed by atoms with Gasteiger partial charge in [-0.15, -0.1) is 11.3 Å². The molecule has 3 aromatic rings. The predicted octanol–water partition coefficient (Wildman–Crippen LogP) is 4.19. The standard InChI is InChI=1S/C20H24N2OS/c1-22(2)14-13-19-17(16-8-4-5-9-18(16)24-19)12-11-15-7-6-10-20(21-15)23-3/h4-10H,11-14H2,1-3H3. The molecule has 0 unspecified atom stereocenters. The van der Waals surface area contributed by atoms with Crippen LogP contribution in [0.5, 0.6) is 5.88 Å². The van der Waals surface area contributed by atoms with Crippen LogP contribution >= 0.6 is 11.3 Å². The molecule has 0 aliphatic rings. The summed E-state index contributed by atoms with van der Waals surface area (Å²) in [7, 11) is 5.93.